The van der Waals surface area contributed by atoms with Gasteiger partial charge in [0.25, 0.3) is 0 Å². The van der Waals surface area contributed by atoms with Gasteiger partial charge in [-0.2, -0.15) is 10.0 Å². The third-order valence-corrected chi connectivity index (χ3v) is 5.69. The molecule has 1 saturated heterocycles. The SMILES string of the molecule is CCOC(=O)[C@@H]1N(/C(C)=C/C(=O)OCc2ccccc2)[C@@H](c2ccccc2)N(C(=O)OCC)N1C(=O)OCC. The van der Waals surface area contributed by atoms with Crippen molar-refractivity contribution in [2.45, 2.75) is 46.6 Å². The Kier molecular flexibility index (Phi) is 10.3. The number of hydrogen-bond acceptors (Lipinski definition) is 9. The summed E-state index contributed by atoms with van der Waals surface area (Å²) in [6.07, 6.45) is -3.22. The molecule has 0 radical (unpaired) electrons. The number of esters is 2. The van der Waals surface area contributed by atoms with Gasteiger partial charge in [-0.15, -0.1) is 0 Å². The van der Waals surface area contributed by atoms with Gasteiger partial charge in [0.15, 0.2) is 6.17 Å². The lowest BCUT2D eigenvalue weighted by Crippen LogP contribution is -2.53. The first-order valence-electron chi connectivity index (χ1n) is 12.6. The summed E-state index contributed by atoms with van der Waals surface area (Å²) in [5, 5.41) is 1.87. The molecule has 0 bridgehead atoms. The third kappa shape index (κ3) is 6.86. The number of rotatable bonds is 9. The number of nitrogens with zero attached hydrogens (tertiary/aromatic N) is 3. The first-order chi connectivity index (χ1) is 18.8. The van der Waals surface area contributed by atoms with Crippen LogP contribution in [0.15, 0.2) is 72.4 Å². The fourth-order valence-corrected chi connectivity index (χ4v) is 4.12. The smallest absolute Gasteiger partial charge is 0.431 e. The van der Waals surface area contributed by atoms with Crippen molar-refractivity contribution < 1.29 is 38.1 Å². The van der Waals surface area contributed by atoms with Crippen LogP contribution < -0.4 is 0 Å². The minimum Gasteiger partial charge on any atom is -0.463 e. The molecule has 0 spiro atoms. The van der Waals surface area contributed by atoms with Gasteiger partial charge in [-0.05, 0) is 38.8 Å². The van der Waals surface area contributed by atoms with Crippen molar-refractivity contribution in [1.82, 2.24) is 14.9 Å². The lowest BCUT2D eigenvalue weighted by atomic mass is 10.1. The summed E-state index contributed by atoms with van der Waals surface area (Å²) in [7, 11) is 0. The van der Waals surface area contributed by atoms with Crippen LogP contribution in [0.2, 0.25) is 0 Å². The second-order valence-electron chi connectivity index (χ2n) is 8.28. The summed E-state index contributed by atoms with van der Waals surface area (Å²) < 4.78 is 21.2. The molecule has 0 aliphatic carbocycles. The molecule has 208 valence electrons. The number of allylic oxidation sites excluding steroid dienone is 1. The molecular formula is C28H33N3O8. The Morgan fingerprint density at radius 2 is 1.28 bits per heavy atom. The molecule has 1 heterocycles. The van der Waals surface area contributed by atoms with E-state index in [0.717, 1.165) is 15.6 Å². The molecule has 11 nitrogen and oxygen atoms in total. The van der Waals surface area contributed by atoms with Crippen molar-refractivity contribution in [2.75, 3.05) is 19.8 Å². The molecule has 2 atom stereocenters. The highest BCUT2D eigenvalue weighted by atomic mass is 16.6. The third-order valence-electron chi connectivity index (χ3n) is 5.69. The quantitative estimate of drug-likeness (QED) is 0.260. The Labute approximate surface area is 227 Å². The van der Waals surface area contributed by atoms with E-state index >= 15 is 0 Å². The summed E-state index contributed by atoms with van der Waals surface area (Å²) in [4.78, 5) is 54.1. The van der Waals surface area contributed by atoms with E-state index in [0.29, 0.717) is 5.56 Å². The standard InChI is InChI=1S/C28H33N3O8/c1-5-36-26(33)25-29(20(4)18-23(32)39-19-21-14-10-8-11-15-21)24(22-16-12-9-13-17-22)30(27(34)37-6-2)31(25)28(35)38-7-3/h8-18,24-25H,5-7,19H2,1-4H3/b20-18+/t24-,25-/m1/s1. The van der Waals surface area contributed by atoms with Gasteiger partial charge in [0.2, 0.25) is 6.17 Å². The first-order valence-corrected chi connectivity index (χ1v) is 12.6. The second kappa shape index (κ2) is 13.8. The summed E-state index contributed by atoms with van der Waals surface area (Å²) in [6.45, 7) is 6.46. The van der Waals surface area contributed by atoms with Gasteiger partial charge in [0.1, 0.15) is 6.61 Å². The fraction of sp³-hybridized carbons (Fsp3) is 0.357. The molecule has 39 heavy (non-hydrogen) atoms. The summed E-state index contributed by atoms with van der Waals surface area (Å²) >= 11 is 0. The Hall–Kier alpha value is -4.54. The zero-order chi connectivity index (χ0) is 28.4. The predicted octanol–water partition coefficient (Wildman–Crippen LogP) is 4.37. The van der Waals surface area contributed by atoms with Crippen LogP contribution in [0.4, 0.5) is 9.59 Å². The monoisotopic (exact) mass is 539 g/mol. The van der Waals surface area contributed by atoms with Gasteiger partial charge in [-0.1, -0.05) is 60.7 Å². The maximum absolute atomic E-state index is 13.3. The van der Waals surface area contributed by atoms with Crippen LogP contribution in [0.25, 0.3) is 0 Å². The zero-order valence-electron chi connectivity index (χ0n) is 22.4. The van der Waals surface area contributed by atoms with E-state index in [1.807, 2.05) is 30.3 Å². The maximum atomic E-state index is 13.3. The number of amides is 2. The van der Waals surface area contributed by atoms with Crippen LogP contribution in [0.3, 0.4) is 0 Å². The lowest BCUT2D eigenvalue weighted by Gasteiger charge is -2.31. The molecule has 0 N–H and O–H groups in total. The Bertz CT molecular complexity index is 1170. The van der Waals surface area contributed by atoms with Crippen molar-refractivity contribution in [3.8, 4) is 0 Å². The van der Waals surface area contributed by atoms with Crippen LogP contribution in [0, 0.1) is 0 Å². The topological polar surface area (TPSA) is 115 Å². The normalized spacial score (nSPS) is 17.0. The Morgan fingerprint density at radius 1 is 0.744 bits per heavy atom. The van der Waals surface area contributed by atoms with E-state index in [1.165, 1.54) is 11.0 Å². The molecule has 11 heteroatoms. The largest absolute Gasteiger partial charge is 0.463 e. The highest BCUT2D eigenvalue weighted by molar-refractivity contribution is 5.86. The van der Waals surface area contributed by atoms with Gasteiger partial charge in [-0.25, -0.2) is 19.2 Å². The highest BCUT2D eigenvalue weighted by Gasteiger charge is 2.56. The molecule has 2 amide bonds. The van der Waals surface area contributed by atoms with Crippen molar-refractivity contribution >= 4 is 24.1 Å². The fourth-order valence-electron chi connectivity index (χ4n) is 4.12. The number of ether oxygens (including phenoxy) is 4. The highest BCUT2D eigenvalue weighted by Crippen LogP contribution is 2.41. The molecule has 2 aromatic rings. The van der Waals surface area contributed by atoms with E-state index in [9.17, 15) is 19.2 Å². The van der Waals surface area contributed by atoms with Crippen molar-refractivity contribution in [2.24, 2.45) is 0 Å². The number of carbonyl (C=O) groups excluding carboxylic acids is 4. The van der Waals surface area contributed by atoms with Gasteiger partial charge >= 0.3 is 24.1 Å². The molecule has 1 aliphatic heterocycles. The van der Waals surface area contributed by atoms with E-state index in [1.54, 1.807) is 58.0 Å². The van der Waals surface area contributed by atoms with Gasteiger partial charge < -0.3 is 23.8 Å². The molecule has 0 unspecified atom stereocenters. The van der Waals surface area contributed by atoms with E-state index < -0.39 is 36.5 Å². The van der Waals surface area contributed by atoms with Gasteiger partial charge in [-0.3, -0.25) is 0 Å². The Morgan fingerprint density at radius 3 is 1.85 bits per heavy atom. The number of hydrazine groups is 1. The van der Waals surface area contributed by atoms with E-state index in [4.69, 9.17) is 18.9 Å². The molecular weight excluding hydrogens is 506 g/mol. The van der Waals surface area contributed by atoms with E-state index in [2.05, 4.69) is 0 Å². The summed E-state index contributed by atoms with van der Waals surface area (Å²) in [6, 6.07) is 17.9. The molecule has 0 saturated carbocycles. The van der Waals surface area contributed by atoms with Gasteiger partial charge in [0.05, 0.1) is 19.8 Å². The summed E-state index contributed by atoms with van der Waals surface area (Å²) in [5.74, 6) is -1.51. The van der Waals surface area contributed by atoms with Crippen LogP contribution >= 0.6 is 0 Å². The van der Waals surface area contributed by atoms with Crippen molar-refractivity contribution in [1.29, 1.82) is 0 Å². The average molecular weight is 540 g/mol. The molecule has 3 rings (SSSR count). The summed E-state index contributed by atoms with van der Waals surface area (Å²) in [5.41, 5.74) is 1.57. The number of carbonyl (C=O) groups is 4. The zero-order valence-corrected chi connectivity index (χ0v) is 22.4. The minimum absolute atomic E-state index is 0.0110. The van der Waals surface area contributed by atoms with Crippen molar-refractivity contribution in [3.63, 3.8) is 0 Å². The van der Waals surface area contributed by atoms with E-state index in [-0.39, 0.29) is 32.1 Å². The van der Waals surface area contributed by atoms with Gasteiger partial charge in [0, 0.05) is 11.8 Å². The molecule has 2 aromatic carbocycles. The van der Waals surface area contributed by atoms with Crippen molar-refractivity contribution in [3.05, 3.63) is 83.6 Å². The molecule has 1 aliphatic rings. The minimum atomic E-state index is -1.49. The second-order valence-corrected chi connectivity index (χ2v) is 8.28. The van der Waals surface area contributed by atoms with Crippen LogP contribution in [0.5, 0.6) is 0 Å². The number of benzene rings is 2. The molecule has 1 fully saturated rings. The number of hydrogen-bond donors (Lipinski definition) is 0. The predicted molar refractivity (Wildman–Crippen MR) is 139 cm³/mol. The average Bonchev–Trinajstić information content (AvgIpc) is 3.30. The molecule has 0 aromatic heterocycles. The first kappa shape index (κ1) is 29.0. The van der Waals surface area contributed by atoms with Crippen LogP contribution in [-0.4, -0.2) is 65.0 Å². The maximum Gasteiger partial charge on any atom is 0.431 e. The van der Waals surface area contributed by atoms with Crippen LogP contribution in [0.1, 0.15) is 45.0 Å². The lowest BCUT2D eigenvalue weighted by molar-refractivity contribution is -0.154. The van der Waals surface area contributed by atoms with Crippen LogP contribution in [-0.2, 0) is 35.1 Å². The Balaban J connectivity index is 2.11.